The van der Waals surface area contributed by atoms with E-state index in [1.807, 2.05) is 68.4 Å². The highest BCUT2D eigenvalue weighted by atomic mass is 16.5. The fraction of sp³-hybridized carbons (Fsp3) is 0.350. The summed E-state index contributed by atoms with van der Waals surface area (Å²) in [7, 11) is 0. The van der Waals surface area contributed by atoms with E-state index in [2.05, 4.69) is 17.6 Å². The summed E-state index contributed by atoms with van der Waals surface area (Å²) in [6.45, 7) is 6.27. The largest absolute Gasteiger partial charge is 0.491 e. The van der Waals surface area contributed by atoms with Gasteiger partial charge in [-0.2, -0.15) is 0 Å². The van der Waals surface area contributed by atoms with Gasteiger partial charge in [0.2, 0.25) is 5.91 Å². The summed E-state index contributed by atoms with van der Waals surface area (Å²) in [5.74, 6) is 0.770. The van der Waals surface area contributed by atoms with E-state index in [4.69, 9.17) is 4.74 Å². The second-order valence-corrected chi connectivity index (χ2v) is 5.99. The third-order valence-electron chi connectivity index (χ3n) is 3.60. The van der Waals surface area contributed by atoms with Crippen LogP contribution in [0.2, 0.25) is 0 Å². The van der Waals surface area contributed by atoms with Gasteiger partial charge >= 0.3 is 0 Å². The fourth-order valence-corrected chi connectivity index (χ4v) is 2.49. The molecule has 0 bridgehead atoms. The van der Waals surface area contributed by atoms with Crippen LogP contribution in [-0.4, -0.2) is 18.6 Å². The van der Waals surface area contributed by atoms with Crippen molar-refractivity contribution in [3.8, 4) is 5.75 Å². The molecule has 0 spiro atoms. The first-order valence-electron chi connectivity index (χ1n) is 8.43. The predicted octanol–water partition coefficient (Wildman–Crippen LogP) is 4.15. The molecule has 0 aromatic heterocycles. The minimum absolute atomic E-state index is 0.0270. The van der Waals surface area contributed by atoms with Gasteiger partial charge in [0.1, 0.15) is 5.75 Å². The van der Waals surface area contributed by atoms with E-state index < -0.39 is 0 Å². The lowest BCUT2D eigenvalue weighted by Gasteiger charge is -2.18. The van der Waals surface area contributed by atoms with Crippen LogP contribution in [0.4, 0.5) is 5.69 Å². The zero-order chi connectivity index (χ0) is 17.4. The van der Waals surface area contributed by atoms with Gasteiger partial charge in [-0.1, -0.05) is 43.3 Å². The molecule has 2 aromatic carbocycles. The Hall–Kier alpha value is -2.49. The summed E-state index contributed by atoms with van der Waals surface area (Å²) in [4.78, 5) is 12.2. The first-order valence-corrected chi connectivity index (χ1v) is 8.43. The zero-order valence-corrected chi connectivity index (χ0v) is 14.6. The van der Waals surface area contributed by atoms with Crippen LogP contribution >= 0.6 is 0 Å². The average Bonchev–Trinajstić information content (AvgIpc) is 2.58. The maximum absolute atomic E-state index is 12.2. The standard InChI is InChI=1S/C20H26N2O2/c1-4-19(16-9-6-5-7-10-16)22-20(23)14-21-17-11-8-12-18(13-17)24-15(2)3/h5-13,15,19,21H,4,14H2,1-3H3,(H,22,23). The zero-order valence-electron chi connectivity index (χ0n) is 14.6. The van der Waals surface area contributed by atoms with Crippen molar-refractivity contribution in [2.45, 2.75) is 39.3 Å². The number of hydrogen-bond acceptors (Lipinski definition) is 3. The van der Waals surface area contributed by atoms with Crippen LogP contribution < -0.4 is 15.4 Å². The molecule has 2 rings (SSSR count). The smallest absolute Gasteiger partial charge is 0.239 e. The number of hydrogen-bond donors (Lipinski definition) is 2. The molecule has 24 heavy (non-hydrogen) atoms. The molecule has 0 aliphatic heterocycles. The van der Waals surface area contributed by atoms with Gasteiger partial charge in [-0.25, -0.2) is 0 Å². The SMILES string of the molecule is CCC(NC(=O)CNc1cccc(OC(C)C)c1)c1ccccc1. The Morgan fingerprint density at radius 3 is 2.50 bits per heavy atom. The Morgan fingerprint density at radius 2 is 1.83 bits per heavy atom. The summed E-state index contributed by atoms with van der Waals surface area (Å²) < 4.78 is 5.66. The maximum Gasteiger partial charge on any atom is 0.239 e. The molecule has 0 saturated carbocycles. The van der Waals surface area contributed by atoms with Crippen LogP contribution in [0.5, 0.6) is 5.75 Å². The van der Waals surface area contributed by atoms with Gasteiger partial charge in [0.15, 0.2) is 0 Å². The maximum atomic E-state index is 12.2. The highest BCUT2D eigenvalue weighted by molar-refractivity contribution is 5.81. The van der Waals surface area contributed by atoms with Gasteiger partial charge in [-0.3, -0.25) is 4.79 Å². The fourth-order valence-electron chi connectivity index (χ4n) is 2.49. The lowest BCUT2D eigenvalue weighted by molar-refractivity contribution is -0.120. The summed E-state index contributed by atoms with van der Waals surface area (Å²) in [5, 5.41) is 6.21. The van der Waals surface area contributed by atoms with Crippen LogP contribution in [0.3, 0.4) is 0 Å². The summed E-state index contributed by atoms with van der Waals surface area (Å²) in [6.07, 6.45) is 0.979. The molecule has 128 valence electrons. The van der Waals surface area contributed by atoms with Gasteiger partial charge in [0.05, 0.1) is 18.7 Å². The lowest BCUT2D eigenvalue weighted by Crippen LogP contribution is -2.33. The van der Waals surface area contributed by atoms with Crippen molar-refractivity contribution in [3.05, 3.63) is 60.2 Å². The average molecular weight is 326 g/mol. The Balaban J connectivity index is 1.88. The van der Waals surface area contributed by atoms with Gasteiger partial charge in [0, 0.05) is 11.8 Å². The normalized spacial score (nSPS) is 11.8. The van der Waals surface area contributed by atoms with Crippen LogP contribution in [0, 0.1) is 0 Å². The second-order valence-electron chi connectivity index (χ2n) is 5.99. The summed E-state index contributed by atoms with van der Waals surface area (Å²) in [6, 6.07) is 17.7. The molecule has 0 radical (unpaired) electrons. The Morgan fingerprint density at radius 1 is 1.08 bits per heavy atom. The van der Waals surface area contributed by atoms with Crippen molar-refractivity contribution in [2.24, 2.45) is 0 Å². The Bertz CT molecular complexity index is 641. The van der Waals surface area contributed by atoms with E-state index in [-0.39, 0.29) is 24.6 Å². The second kappa shape index (κ2) is 8.96. The van der Waals surface area contributed by atoms with Crippen LogP contribution in [0.25, 0.3) is 0 Å². The van der Waals surface area contributed by atoms with Crippen molar-refractivity contribution in [3.63, 3.8) is 0 Å². The van der Waals surface area contributed by atoms with E-state index in [1.165, 1.54) is 0 Å². The molecule has 1 amide bonds. The molecular weight excluding hydrogens is 300 g/mol. The quantitative estimate of drug-likeness (QED) is 0.766. The number of amides is 1. The van der Waals surface area contributed by atoms with Crippen molar-refractivity contribution in [1.29, 1.82) is 0 Å². The molecule has 1 atom stereocenters. The molecule has 0 heterocycles. The number of nitrogens with one attached hydrogen (secondary N) is 2. The molecule has 2 aromatic rings. The predicted molar refractivity (Wildman–Crippen MR) is 98.3 cm³/mol. The molecule has 0 saturated heterocycles. The Kier molecular flexibility index (Phi) is 6.67. The van der Waals surface area contributed by atoms with E-state index >= 15 is 0 Å². The number of benzene rings is 2. The topological polar surface area (TPSA) is 50.4 Å². The summed E-state index contributed by atoms with van der Waals surface area (Å²) in [5.41, 5.74) is 2.00. The number of ether oxygens (including phenoxy) is 1. The van der Waals surface area contributed by atoms with Crippen molar-refractivity contribution in [2.75, 3.05) is 11.9 Å². The number of rotatable bonds is 8. The van der Waals surface area contributed by atoms with E-state index in [0.29, 0.717) is 0 Å². The highest BCUT2D eigenvalue weighted by Crippen LogP contribution is 2.19. The molecule has 0 aliphatic rings. The minimum atomic E-state index is -0.0270. The van der Waals surface area contributed by atoms with Crippen LogP contribution in [-0.2, 0) is 4.79 Å². The first kappa shape index (κ1) is 17.9. The van der Waals surface area contributed by atoms with Crippen molar-refractivity contribution < 1.29 is 9.53 Å². The van der Waals surface area contributed by atoms with Gasteiger partial charge < -0.3 is 15.4 Å². The highest BCUT2D eigenvalue weighted by Gasteiger charge is 2.12. The third-order valence-corrected chi connectivity index (χ3v) is 3.60. The van der Waals surface area contributed by atoms with E-state index in [0.717, 1.165) is 23.4 Å². The molecule has 4 nitrogen and oxygen atoms in total. The van der Waals surface area contributed by atoms with Crippen LogP contribution in [0.15, 0.2) is 54.6 Å². The molecule has 2 N–H and O–H groups in total. The van der Waals surface area contributed by atoms with Crippen LogP contribution in [0.1, 0.15) is 38.8 Å². The monoisotopic (exact) mass is 326 g/mol. The molecule has 4 heteroatoms. The molecule has 0 fully saturated rings. The number of anilines is 1. The van der Waals surface area contributed by atoms with Crippen molar-refractivity contribution >= 4 is 11.6 Å². The van der Waals surface area contributed by atoms with Gasteiger partial charge in [-0.15, -0.1) is 0 Å². The third kappa shape index (κ3) is 5.61. The Labute approximate surface area is 144 Å². The number of carbonyl (C=O) groups excluding carboxylic acids is 1. The van der Waals surface area contributed by atoms with E-state index in [1.54, 1.807) is 0 Å². The molecule has 0 aliphatic carbocycles. The number of carbonyl (C=O) groups is 1. The lowest BCUT2D eigenvalue weighted by atomic mass is 10.0. The van der Waals surface area contributed by atoms with Gasteiger partial charge in [0.25, 0.3) is 0 Å². The van der Waals surface area contributed by atoms with E-state index in [9.17, 15) is 4.79 Å². The minimum Gasteiger partial charge on any atom is -0.491 e. The van der Waals surface area contributed by atoms with Gasteiger partial charge in [-0.05, 0) is 38.0 Å². The molecule has 1 unspecified atom stereocenters. The molecular formula is C20H26N2O2. The summed E-state index contributed by atoms with van der Waals surface area (Å²) >= 11 is 0. The first-order chi connectivity index (χ1) is 11.6. The van der Waals surface area contributed by atoms with Crippen molar-refractivity contribution in [1.82, 2.24) is 5.32 Å².